The lowest BCUT2D eigenvalue weighted by Crippen LogP contribution is -2.42. The highest BCUT2D eigenvalue weighted by atomic mass is 19.1. The number of aliphatic hydroxyl groups is 1. The molecule has 0 aliphatic heterocycles. The highest BCUT2D eigenvalue weighted by Gasteiger charge is 2.28. The van der Waals surface area contributed by atoms with Crippen LogP contribution in [0.25, 0.3) is 0 Å². The molecule has 2 aromatic rings. The second-order valence-electron chi connectivity index (χ2n) is 8.37. The minimum Gasteiger partial charge on any atom is -0.387 e. The molecule has 2 heterocycles. The number of nitrogens with one attached hydrogen (secondary N) is 3. The summed E-state index contributed by atoms with van der Waals surface area (Å²) in [6, 6.07) is 6.66. The first-order valence-electron chi connectivity index (χ1n) is 10.3. The third-order valence-corrected chi connectivity index (χ3v) is 5.23. The molecule has 1 saturated carbocycles. The quantitative estimate of drug-likeness (QED) is 0.493. The van der Waals surface area contributed by atoms with E-state index in [0.717, 1.165) is 0 Å². The molecular weight excluding hydrogens is 418 g/mol. The molecule has 4 N–H and O–H groups in total. The number of amides is 1. The number of hydrogen-bond acceptors (Lipinski definition) is 7. The topological polar surface area (TPSA) is 123 Å². The summed E-state index contributed by atoms with van der Waals surface area (Å²) in [6.07, 6.45) is 1.60. The first-order valence-corrected chi connectivity index (χ1v) is 10.3. The number of carbonyl (C=O) groups is 1. The van der Waals surface area contributed by atoms with E-state index < -0.39 is 23.9 Å². The van der Waals surface area contributed by atoms with Crippen LogP contribution in [0.5, 0.6) is 0 Å². The zero-order valence-electron chi connectivity index (χ0n) is 17.9. The van der Waals surface area contributed by atoms with E-state index in [9.17, 15) is 18.7 Å². The van der Waals surface area contributed by atoms with Crippen LogP contribution in [0.3, 0.4) is 0 Å². The van der Waals surface area contributed by atoms with Gasteiger partial charge in [-0.2, -0.15) is 5.26 Å². The van der Waals surface area contributed by atoms with Gasteiger partial charge in [0.15, 0.2) is 0 Å². The van der Waals surface area contributed by atoms with Gasteiger partial charge >= 0.3 is 0 Å². The van der Waals surface area contributed by atoms with Gasteiger partial charge in [0.05, 0.1) is 29.0 Å². The Morgan fingerprint density at radius 3 is 2.66 bits per heavy atom. The fourth-order valence-electron chi connectivity index (χ4n) is 3.29. The van der Waals surface area contributed by atoms with Crippen LogP contribution in [0.15, 0.2) is 30.6 Å². The summed E-state index contributed by atoms with van der Waals surface area (Å²) in [7, 11) is 0. The number of rotatable bonds is 8. The normalized spacial score (nSPS) is 19.1. The van der Waals surface area contributed by atoms with Crippen LogP contribution >= 0.6 is 0 Å². The van der Waals surface area contributed by atoms with Crippen molar-refractivity contribution in [2.75, 3.05) is 17.2 Å². The summed E-state index contributed by atoms with van der Waals surface area (Å²) in [4.78, 5) is 21.1. The molecular formula is C22H26F2N6O2. The first-order chi connectivity index (χ1) is 15.2. The van der Waals surface area contributed by atoms with Crippen molar-refractivity contribution in [3.63, 3.8) is 0 Å². The van der Waals surface area contributed by atoms with Gasteiger partial charge in [-0.1, -0.05) is 0 Å². The van der Waals surface area contributed by atoms with Gasteiger partial charge in [0.2, 0.25) is 0 Å². The van der Waals surface area contributed by atoms with Gasteiger partial charge in [-0.25, -0.2) is 18.7 Å². The molecule has 3 atom stereocenters. The fraction of sp³-hybridized carbons (Fsp3) is 0.455. The SMILES string of the molecule is CC(C)(O)[C@H](F)CNC(=O)c1cnc(Nc2ccc(C#N)cn2)cc1NC1CCC(F)C1. The average Bonchev–Trinajstić information content (AvgIpc) is 3.16. The molecule has 2 unspecified atom stereocenters. The van der Waals surface area contributed by atoms with Gasteiger partial charge in [-0.15, -0.1) is 0 Å². The number of anilines is 3. The summed E-state index contributed by atoms with van der Waals surface area (Å²) in [5, 5.41) is 27.3. The van der Waals surface area contributed by atoms with Gasteiger partial charge in [0.25, 0.3) is 5.91 Å². The van der Waals surface area contributed by atoms with E-state index in [1.54, 1.807) is 18.2 Å². The average molecular weight is 444 g/mol. The van der Waals surface area contributed by atoms with Crippen molar-refractivity contribution in [3.05, 3.63) is 41.7 Å². The van der Waals surface area contributed by atoms with E-state index in [1.165, 1.54) is 26.2 Å². The minimum absolute atomic E-state index is 0.148. The van der Waals surface area contributed by atoms with Crippen LogP contribution < -0.4 is 16.0 Å². The second kappa shape index (κ2) is 9.87. The largest absolute Gasteiger partial charge is 0.387 e. The molecule has 0 aromatic carbocycles. The Morgan fingerprint density at radius 2 is 2.06 bits per heavy atom. The first kappa shape index (κ1) is 23.3. The Hall–Kier alpha value is -3.32. The second-order valence-corrected chi connectivity index (χ2v) is 8.37. The minimum atomic E-state index is -1.65. The van der Waals surface area contributed by atoms with Crippen molar-refractivity contribution in [1.29, 1.82) is 5.26 Å². The lowest BCUT2D eigenvalue weighted by Gasteiger charge is -2.23. The number of pyridine rings is 2. The summed E-state index contributed by atoms with van der Waals surface area (Å²) in [5.41, 5.74) is -0.578. The van der Waals surface area contributed by atoms with Crippen LogP contribution in [0, 0.1) is 11.3 Å². The molecule has 3 rings (SSSR count). The number of aromatic nitrogens is 2. The number of nitriles is 1. The van der Waals surface area contributed by atoms with Crippen molar-refractivity contribution in [2.45, 2.75) is 57.1 Å². The molecule has 0 bridgehead atoms. The zero-order valence-corrected chi connectivity index (χ0v) is 17.9. The summed E-state index contributed by atoms with van der Waals surface area (Å²) in [6.45, 7) is 2.28. The van der Waals surface area contributed by atoms with Crippen molar-refractivity contribution in [3.8, 4) is 6.07 Å². The van der Waals surface area contributed by atoms with Gasteiger partial charge in [-0.05, 0) is 45.2 Å². The number of nitrogens with zero attached hydrogens (tertiary/aromatic N) is 3. The number of hydrogen-bond donors (Lipinski definition) is 4. The van der Waals surface area contributed by atoms with Crippen molar-refractivity contribution in [2.24, 2.45) is 0 Å². The summed E-state index contributed by atoms with van der Waals surface area (Å²) in [5.74, 6) is 0.274. The van der Waals surface area contributed by atoms with E-state index in [0.29, 0.717) is 42.1 Å². The van der Waals surface area contributed by atoms with Crippen LogP contribution in [-0.4, -0.2) is 51.5 Å². The molecule has 1 fully saturated rings. The number of halogens is 2. The van der Waals surface area contributed by atoms with Crippen molar-refractivity contribution >= 4 is 23.2 Å². The molecule has 170 valence electrons. The third-order valence-electron chi connectivity index (χ3n) is 5.23. The fourth-order valence-corrected chi connectivity index (χ4v) is 3.29. The molecule has 1 aliphatic rings. The molecule has 0 saturated heterocycles. The summed E-state index contributed by atoms with van der Waals surface area (Å²) < 4.78 is 27.7. The number of carbonyl (C=O) groups excluding carboxylic acids is 1. The molecule has 0 radical (unpaired) electrons. The van der Waals surface area contributed by atoms with Gasteiger partial charge < -0.3 is 21.1 Å². The Labute approximate surface area is 185 Å². The van der Waals surface area contributed by atoms with E-state index in [2.05, 4.69) is 25.9 Å². The third kappa shape index (κ3) is 6.11. The van der Waals surface area contributed by atoms with Crippen LogP contribution in [0.2, 0.25) is 0 Å². The van der Waals surface area contributed by atoms with E-state index >= 15 is 0 Å². The maximum absolute atomic E-state index is 14.0. The van der Waals surface area contributed by atoms with Crippen LogP contribution in [0.1, 0.15) is 49.0 Å². The van der Waals surface area contributed by atoms with Gasteiger partial charge in [0.1, 0.15) is 30.0 Å². The standard InChI is InChI=1S/C22H26F2N6O2/c1-22(2,32)18(24)12-28-21(31)16-11-27-20(30-19-6-3-13(9-25)10-26-19)8-17(16)29-15-5-4-14(23)7-15/h3,6,8,10-11,14-15,18,32H,4-5,7,12H2,1-2H3,(H,28,31)(H2,26,27,29,30)/t14?,15?,18-/m1/s1. The van der Waals surface area contributed by atoms with Crippen LogP contribution in [0.4, 0.5) is 26.1 Å². The lowest BCUT2D eigenvalue weighted by atomic mass is 10.0. The van der Waals surface area contributed by atoms with Crippen molar-refractivity contribution in [1.82, 2.24) is 15.3 Å². The molecule has 1 amide bonds. The molecule has 1 aliphatic carbocycles. The maximum Gasteiger partial charge on any atom is 0.255 e. The Kier molecular flexibility index (Phi) is 7.20. The predicted molar refractivity (Wildman–Crippen MR) is 116 cm³/mol. The highest BCUT2D eigenvalue weighted by Crippen LogP contribution is 2.28. The molecule has 2 aromatic heterocycles. The van der Waals surface area contributed by atoms with E-state index in [-0.39, 0.29) is 18.2 Å². The zero-order chi connectivity index (χ0) is 23.3. The Morgan fingerprint density at radius 1 is 1.31 bits per heavy atom. The molecule has 0 spiro atoms. The van der Waals surface area contributed by atoms with Gasteiger partial charge in [0, 0.05) is 24.5 Å². The summed E-state index contributed by atoms with van der Waals surface area (Å²) >= 11 is 0. The van der Waals surface area contributed by atoms with Crippen LogP contribution in [-0.2, 0) is 0 Å². The van der Waals surface area contributed by atoms with E-state index in [4.69, 9.17) is 5.26 Å². The Balaban J connectivity index is 1.79. The van der Waals surface area contributed by atoms with Crippen molar-refractivity contribution < 1.29 is 18.7 Å². The monoisotopic (exact) mass is 444 g/mol. The smallest absolute Gasteiger partial charge is 0.255 e. The molecule has 10 heteroatoms. The lowest BCUT2D eigenvalue weighted by molar-refractivity contribution is -0.00177. The predicted octanol–water partition coefficient (Wildman–Crippen LogP) is 3.23. The van der Waals surface area contributed by atoms with Gasteiger partial charge in [-0.3, -0.25) is 4.79 Å². The highest BCUT2D eigenvalue weighted by molar-refractivity contribution is 5.99. The Bertz CT molecular complexity index is 987. The molecule has 32 heavy (non-hydrogen) atoms. The van der Waals surface area contributed by atoms with E-state index in [1.807, 2.05) is 6.07 Å². The molecule has 8 nitrogen and oxygen atoms in total. The number of alkyl halides is 2. The maximum atomic E-state index is 14.0.